The van der Waals surface area contributed by atoms with Crippen LogP contribution in [0.3, 0.4) is 0 Å². The third kappa shape index (κ3) is 3.89. The topological polar surface area (TPSA) is 69.6 Å². The zero-order valence-corrected chi connectivity index (χ0v) is 11.2. The first kappa shape index (κ1) is 13.7. The Morgan fingerprint density at radius 2 is 2.25 bits per heavy atom. The van der Waals surface area contributed by atoms with E-state index in [1.54, 1.807) is 18.2 Å². The van der Waals surface area contributed by atoms with Crippen LogP contribution in [0.1, 0.15) is 10.4 Å². The van der Waals surface area contributed by atoms with Crippen LogP contribution in [-0.2, 0) is 0 Å². The third-order valence-corrected chi connectivity index (χ3v) is 3.06. The molecule has 1 unspecified atom stereocenters. The van der Waals surface area contributed by atoms with Gasteiger partial charge in [0.05, 0.1) is 18.3 Å². The lowest BCUT2D eigenvalue weighted by molar-refractivity contribution is 0.0801. The average Bonchev–Trinajstić information content (AvgIpc) is 2.28. The van der Waals surface area contributed by atoms with E-state index in [4.69, 9.17) is 21.8 Å². The summed E-state index contributed by atoms with van der Waals surface area (Å²) in [6.07, 6.45) is -0.944. The highest BCUT2D eigenvalue weighted by Crippen LogP contribution is 2.17. The molecular weight excluding hydrogens is 344 g/mol. The van der Waals surface area contributed by atoms with E-state index in [0.717, 1.165) is 3.57 Å². The van der Waals surface area contributed by atoms with Crippen molar-refractivity contribution in [1.82, 2.24) is 5.32 Å². The predicted molar refractivity (Wildman–Crippen MR) is 69.6 cm³/mol. The molecule has 0 saturated heterocycles. The van der Waals surface area contributed by atoms with E-state index in [1.165, 1.54) is 0 Å². The fourth-order valence-corrected chi connectivity index (χ4v) is 1.79. The van der Waals surface area contributed by atoms with Crippen LogP contribution in [0.25, 0.3) is 0 Å². The lowest BCUT2D eigenvalue weighted by Crippen LogP contribution is -2.34. The quantitative estimate of drug-likeness (QED) is 0.707. The van der Waals surface area contributed by atoms with Gasteiger partial charge in [0.25, 0.3) is 5.91 Å². The van der Waals surface area contributed by atoms with Crippen molar-refractivity contribution in [1.29, 1.82) is 0 Å². The van der Waals surface area contributed by atoms with Gasteiger partial charge >= 0.3 is 0 Å². The van der Waals surface area contributed by atoms with Crippen LogP contribution in [0, 0.1) is 3.57 Å². The monoisotopic (exact) mass is 355 g/mol. The summed E-state index contributed by atoms with van der Waals surface area (Å²) in [7, 11) is 0. The van der Waals surface area contributed by atoms with Crippen LogP contribution < -0.4 is 5.32 Å². The van der Waals surface area contributed by atoms with Crippen molar-refractivity contribution in [2.24, 2.45) is 0 Å². The van der Waals surface area contributed by atoms with Gasteiger partial charge in [-0.15, -0.1) is 0 Å². The average molecular weight is 356 g/mol. The molecule has 0 fully saturated rings. The van der Waals surface area contributed by atoms with E-state index >= 15 is 0 Å². The van der Waals surface area contributed by atoms with Crippen LogP contribution in [-0.4, -0.2) is 35.4 Å². The number of hydrogen-bond acceptors (Lipinski definition) is 3. The first-order valence-electron chi connectivity index (χ1n) is 4.56. The van der Waals surface area contributed by atoms with Gasteiger partial charge in [-0.3, -0.25) is 4.79 Å². The Hall–Kier alpha value is -0.370. The maximum atomic E-state index is 11.7. The minimum Gasteiger partial charge on any atom is -0.394 e. The van der Waals surface area contributed by atoms with Gasteiger partial charge in [0.1, 0.15) is 0 Å². The molecule has 3 N–H and O–H groups in total. The maximum Gasteiger partial charge on any atom is 0.252 e. The molecule has 6 heteroatoms. The molecular formula is C10H11ClINO3. The molecule has 1 atom stereocenters. The fourth-order valence-electron chi connectivity index (χ4n) is 1.04. The van der Waals surface area contributed by atoms with Crippen LogP contribution in [0.2, 0.25) is 5.02 Å². The van der Waals surface area contributed by atoms with Crippen LogP contribution in [0.15, 0.2) is 18.2 Å². The Morgan fingerprint density at radius 1 is 1.56 bits per heavy atom. The summed E-state index contributed by atoms with van der Waals surface area (Å²) >= 11 is 7.81. The molecule has 0 aliphatic rings. The Bertz CT molecular complexity index is 386. The molecule has 0 spiro atoms. The van der Waals surface area contributed by atoms with E-state index in [2.05, 4.69) is 5.32 Å². The molecule has 1 aromatic carbocycles. The number of aliphatic hydroxyl groups is 2. The van der Waals surface area contributed by atoms with Gasteiger partial charge < -0.3 is 15.5 Å². The highest BCUT2D eigenvalue weighted by atomic mass is 127. The Labute approximate surface area is 112 Å². The standard InChI is InChI=1S/C10H11ClINO3/c11-6-1-2-9(12)8(3-6)10(16)13-4-7(15)5-14/h1-3,7,14-15H,4-5H2,(H,13,16). The molecule has 0 aliphatic carbocycles. The van der Waals surface area contributed by atoms with Crippen molar-refractivity contribution >= 4 is 40.1 Å². The lowest BCUT2D eigenvalue weighted by Gasteiger charge is -2.10. The molecule has 4 nitrogen and oxygen atoms in total. The number of carbonyl (C=O) groups excluding carboxylic acids is 1. The van der Waals surface area contributed by atoms with E-state index in [-0.39, 0.29) is 19.1 Å². The molecule has 1 amide bonds. The zero-order chi connectivity index (χ0) is 12.1. The first-order chi connectivity index (χ1) is 7.54. The molecule has 1 rings (SSSR count). The number of benzene rings is 1. The van der Waals surface area contributed by atoms with E-state index in [1.807, 2.05) is 22.6 Å². The molecule has 0 bridgehead atoms. The number of nitrogens with one attached hydrogen (secondary N) is 1. The molecule has 88 valence electrons. The summed E-state index contributed by atoms with van der Waals surface area (Å²) < 4.78 is 0.776. The Morgan fingerprint density at radius 3 is 2.88 bits per heavy atom. The number of aliphatic hydroxyl groups excluding tert-OH is 2. The van der Waals surface area contributed by atoms with Gasteiger partial charge in [0.15, 0.2) is 0 Å². The van der Waals surface area contributed by atoms with Crippen molar-refractivity contribution in [2.45, 2.75) is 6.10 Å². The summed E-state index contributed by atoms with van der Waals surface area (Å²) in [6, 6.07) is 4.99. The maximum absolute atomic E-state index is 11.7. The zero-order valence-electron chi connectivity index (χ0n) is 8.28. The Kier molecular flexibility index (Phi) is 5.47. The minimum absolute atomic E-state index is 0.0118. The second kappa shape index (κ2) is 6.39. The predicted octanol–water partition coefficient (Wildman–Crippen LogP) is 1.03. The minimum atomic E-state index is -0.944. The largest absolute Gasteiger partial charge is 0.394 e. The lowest BCUT2D eigenvalue weighted by atomic mass is 10.2. The van der Waals surface area contributed by atoms with Crippen molar-refractivity contribution in [3.8, 4) is 0 Å². The van der Waals surface area contributed by atoms with E-state index in [0.29, 0.717) is 10.6 Å². The van der Waals surface area contributed by atoms with Crippen molar-refractivity contribution in [3.05, 3.63) is 32.4 Å². The van der Waals surface area contributed by atoms with E-state index in [9.17, 15) is 4.79 Å². The number of hydrogen-bond donors (Lipinski definition) is 3. The summed E-state index contributed by atoms with van der Waals surface area (Å²) in [5.41, 5.74) is 0.457. The molecule has 16 heavy (non-hydrogen) atoms. The summed E-state index contributed by atoms with van der Waals surface area (Å²) in [4.78, 5) is 11.7. The molecule has 1 aromatic rings. The third-order valence-electron chi connectivity index (χ3n) is 1.88. The van der Waals surface area contributed by atoms with Gasteiger partial charge in [0, 0.05) is 15.1 Å². The molecule has 0 saturated carbocycles. The molecule has 0 aromatic heterocycles. The van der Waals surface area contributed by atoms with Gasteiger partial charge in [-0.05, 0) is 40.8 Å². The molecule has 0 aliphatic heterocycles. The van der Waals surface area contributed by atoms with Crippen LogP contribution in [0.4, 0.5) is 0 Å². The van der Waals surface area contributed by atoms with Gasteiger partial charge in [0.2, 0.25) is 0 Å². The fraction of sp³-hybridized carbons (Fsp3) is 0.300. The van der Waals surface area contributed by atoms with Crippen LogP contribution in [0.5, 0.6) is 0 Å². The number of rotatable bonds is 4. The summed E-state index contributed by atoms with van der Waals surface area (Å²) in [5.74, 6) is -0.320. The van der Waals surface area contributed by atoms with Gasteiger partial charge in [-0.25, -0.2) is 0 Å². The number of amides is 1. The smallest absolute Gasteiger partial charge is 0.252 e. The SMILES string of the molecule is O=C(NCC(O)CO)c1cc(Cl)ccc1I. The van der Waals surface area contributed by atoms with Crippen molar-refractivity contribution in [2.75, 3.05) is 13.2 Å². The second-order valence-electron chi connectivity index (χ2n) is 3.17. The van der Waals surface area contributed by atoms with Crippen molar-refractivity contribution in [3.63, 3.8) is 0 Å². The normalized spacial score (nSPS) is 12.2. The first-order valence-corrected chi connectivity index (χ1v) is 6.02. The highest BCUT2D eigenvalue weighted by Gasteiger charge is 2.11. The Balaban J connectivity index is 2.69. The van der Waals surface area contributed by atoms with E-state index < -0.39 is 6.10 Å². The molecule has 0 heterocycles. The van der Waals surface area contributed by atoms with Crippen LogP contribution >= 0.6 is 34.2 Å². The second-order valence-corrected chi connectivity index (χ2v) is 4.77. The molecule has 0 radical (unpaired) electrons. The number of carbonyl (C=O) groups is 1. The summed E-state index contributed by atoms with van der Waals surface area (Å²) in [5, 5.41) is 20.7. The summed E-state index contributed by atoms with van der Waals surface area (Å²) in [6.45, 7) is -0.370. The van der Waals surface area contributed by atoms with Crippen molar-refractivity contribution < 1.29 is 15.0 Å². The van der Waals surface area contributed by atoms with Gasteiger partial charge in [-0.2, -0.15) is 0 Å². The number of halogens is 2. The highest BCUT2D eigenvalue weighted by molar-refractivity contribution is 14.1. The van der Waals surface area contributed by atoms with Gasteiger partial charge in [-0.1, -0.05) is 11.6 Å².